The van der Waals surface area contributed by atoms with Crippen molar-refractivity contribution >= 4 is 0 Å². The van der Waals surface area contributed by atoms with E-state index in [0.717, 1.165) is 50.1 Å². The molecule has 8 aromatic rings. The molecule has 0 unspecified atom stereocenters. The van der Waals surface area contributed by atoms with E-state index >= 15 is 0 Å². The summed E-state index contributed by atoms with van der Waals surface area (Å²) in [5, 5.41) is 0. The van der Waals surface area contributed by atoms with Gasteiger partial charge >= 0.3 is 0 Å². The maximum absolute atomic E-state index is 5.07. The molecule has 0 amide bonds. The summed E-state index contributed by atoms with van der Waals surface area (Å²) in [7, 11) is 0. The molecule has 0 saturated carbocycles. The van der Waals surface area contributed by atoms with Crippen LogP contribution in [0.15, 0.2) is 176 Å². The molecule has 0 N–H and O–H groups in total. The highest BCUT2D eigenvalue weighted by atomic mass is 15.1. The first-order valence-electron chi connectivity index (χ1n) is 15.8. The van der Waals surface area contributed by atoms with Crippen molar-refractivity contribution in [2.75, 3.05) is 0 Å². The molecule has 5 aromatic carbocycles. The van der Waals surface area contributed by atoms with Crippen molar-refractivity contribution < 1.29 is 0 Å². The van der Waals surface area contributed by atoms with Crippen LogP contribution >= 0.6 is 0 Å². The standard InChI is InChI=1S/C43H29N5/c1-5-13-30(14-6-1)34-21-23-44-39(28-34)42-46-41(47-43(48-42)40-29-35(22-24-45-40)31-15-7-2-8-16-31)38-26-36(32-17-9-3-10-18-32)25-37(27-38)33-19-11-4-12-20-33/h1-29H. The maximum Gasteiger partial charge on any atom is 0.182 e. The molecule has 8 rings (SSSR count). The summed E-state index contributed by atoms with van der Waals surface area (Å²) >= 11 is 0. The highest BCUT2D eigenvalue weighted by Gasteiger charge is 2.17. The minimum atomic E-state index is 0.478. The van der Waals surface area contributed by atoms with E-state index in [1.807, 2.05) is 72.8 Å². The quantitative estimate of drug-likeness (QED) is 0.178. The second-order valence-electron chi connectivity index (χ2n) is 11.4. The van der Waals surface area contributed by atoms with E-state index in [1.54, 1.807) is 12.4 Å². The third-order valence-corrected chi connectivity index (χ3v) is 8.23. The highest BCUT2D eigenvalue weighted by molar-refractivity contribution is 5.80. The van der Waals surface area contributed by atoms with Crippen molar-refractivity contribution in [1.29, 1.82) is 0 Å². The maximum atomic E-state index is 5.07. The SMILES string of the molecule is c1ccc(-c2cc(-c3ccccc3)cc(-c3nc(-c4cc(-c5ccccc5)ccn4)nc(-c4cc(-c5ccccc5)ccn4)n3)c2)cc1. The van der Waals surface area contributed by atoms with Crippen LogP contribution in [-0.2, 0) is 0 Å². The van der Waals surface area contributed by atoms with E-state index in [0.29, 0.717) is 28.9 Å². The largest absolute Gasteiger partial charge is 0.253 e. The summed E-state index contributed by atoms with van der Waals surface area (Å²) in [5.41, 5.74) is 10.8. The van der Waals surface area contributed by atoms with Gasteiger partial charge in [-0.1, -0.05) is 121 Å². The van der Waals surface area contributed by atoms with Crippen molar-refractivity contribution in [2.24, 2.45) is 0 Å². The Hall–Kier alpha value is -6.59. The molecule has 0 radical (unpaired) electrons. The fourth-order valence-corrected chi connectivity index (χ4v) is 5.81. The third-order valence-electron chi connectivity index (χ3n) is 8.23. The van der Waals surface area contributed by atoms with Gasteiger partial charge < -0.3 is 0 Å². The van der Waals surface area contributed by atoms with Gasteiger partial charge in [0.25, 0.3) is 0 Å². The molecule has 0 saturated heterocycles. The second-order valence-corrected chi connectivity index (χ2v) is 11.4. The highest BCUT2D eigenvalue weighted by Crippen LogP contribution is 2.34. The topological polar surface area (TPSA) is 64.5 Å². The lowest BCUT2D eigenvalue weighted by molar-refractivity contribution is 1.05. The summed E-state index contributed by atoms with van der Waals surface area (Å²) in [4.78, 5) is 24.6. The van der Waals surface area contributed by atoms with Gasteiger partial charge in [0.05, 0.1) is 0 Å². The first-order chi connectivity index (χ1) is 23.8. The Balaban J connectivity index is 1.33. The molecular formula is C43H29N5. The fraction of sp³-hybridized carbons (Fsp3) is 0. The summed E-state index contributed by atoms with van der Waals surface area (Å²) < 4.78 is 0. The van der Waals surface area contributed by atoms with E-state index in [-0.39, 0.29) is 0 Å². The summed E-state index contributed by atoms with van der Waals surface area (Å²) in [5.74, 6) is 1.50. The average molecular weight is 616 g/mol. The van der Waals surface area contributed by atoms with Gasteiger partial charge in [-0.15, -0.1) is 0 Å². The predicted molar refractivity (Wildman–Crippen MR) is 193 cm³/mol. The molecule has 5 heteroatoms. The number of hydrogen-bond donors (Lipinski definition) is 0. The Bertz CT molecular complexity index is 2170. The lowest BCUT2D eigenvalue weighted by Gasteiger charge is -2.12. The lowest BCUT2D eigenvalue weighted by Crippen LogP contribution is -2.02. The Morgan fingerprint density at radius 2 is 0.583 bits per heavy atom. The molecule has 0 bridgehead atoms. The van der Waals surface area contributed by atoms with E-state index in [9.17, 15) is 0 Å². The number of benzene rings is 5. The molecular weight excluding hydrogens is 587 g/mol. The molecule has 0 aliphatic heterocycles. The van der Waals surface area contributed by atoms with Gasteiger partial charge in [0, 0.05) is 18.0 Å². The molecule has 0 fully saturated rings. The van der Waals surface area contributed by atoms with Gasteiger partial charge in [0.2, 0.25) is 0 Å². The molecule has 5 nitrogen and oxygen atoms in total. The van der Waals surface area contributed by atoms with E-state index in [1.165, 1.54) is 0 Å². The number of aromatic nitrogens is 5. The zero-order chi connectivity index (χ0) is 32.1. The molecule has 0 atom stereocenters. The molecule has 0 aliphatic carbocycles. The van der Waals surface area contributed by atoms with Crippen molar-refractivity contribution in [3.8, 4) is 78.9 Å². The molecule has 3 heterocycles. The van der Waals surface area contributed by atoms with Crippen LogP contribution in [-0.4, -0.2) is 24.9 Å². The normalized spacial score (nSPS) is 10.9. The molecule has 3 aromatic heterocycles. The van der Waals surface area contributed by atoms with Gasteiger partial charge in [0.15, 0.2) is 17.5 Å². The first-order valence-corrected chi connectivity index (χ1v) is 15.8. The lowest BCUT2D eigenvalue weighted by atomic mass is 9.96. The van der Waals surface area contributed by atoms with Crippen molar-refractivity contribution in [3.05, 3.63) is 176 Å². The first kappa shape index (κ1) is 28.9. The number of nitrogens with zero attached hydrogens (tertiary/aromatic N) is 5. The van der Waals surface area contributed by atoms with E-state index in [2.05, 4.69) is 91.0 Å². The van der Waals surface area contributed by atoms with Crippen LogP contribution in [0.3, 0.4) is 0 Å². The number of rotatable bonds is 7. The Kier molecular flexibility index (Phi) is 7.83. The Morgan fingerprint density at radius 1 is 0.250 bits per heavy atom. The zero-order valence-corrected chi connectivity index (χ0v) is 26.0. The average Bonchev–Trinajstić information content (AvgIpc) is 3.19. The van der Waals surface area contributed by atoms with Crippen LogP contribution in [0.4, 0.5) is 0 Å². The third kappa shape index (κ3) is 6.13. The van der Waals surface area contributed by atoms with E-state index < -0.39 is 0 Å². The van der Waals surface area contributed by atoms with Crippen LogP contribution in [0, 0.1) is 0 Å². The van der Waals surface area contributed by atoms with Crippen LogP contribution in [0.5, 0.6) is 0 Å². The van der Waals surface area contributed by atoms with Crippen LogP contribution in [0.1, 0.15) is 0 Å². The predicted octanol–water partition coefficient (Wildman–Crippen LogP) is 10.3. The minimum absolute atomic E-state index is 0.478. The van der Waals surface area contributed by atoms with Crippen molar-refractivity contribution in [2.45, 2.75) is 0 Å². The second kappa shape index (κ2) is 13.0. The summed E-state index contributed by atoms with van der Waals surface area (Å²) in [6.07, 6.45) is 3.61. The van der Waals surface area contributed by atoms with Crippen molar-refractivity contribution in [3.63, 3.8) is 0 Å². The van der Waals surface area contributed by atoms with Gasteiger partial charge in [-0.2, -0.15) is 0 Å². The summed E-state index contributed by atoms with van der Waals surface area (Å²) in [6.45, 7) is 0. The Morgan fingerprint density at radius 3 is 0.979 bits per heavy atom. The number of pyridine rings is 2. The smallest absolute Gasteiger partial charge is 0.182 e. The van der Waals surface area contributed by atoms with Crippen molar-refractivity contribution in [1.82, 2.24) is 24.9 Å². The van der Waals surface area contributed by atoms with Crippen LogP contribution < -0.4 is 0 Å². The van der Waals surface area contributed by atoms with Crippen LogP contribution in [0.25, 0.3) is 78.9 Å². The number of hydrogen-bond acceptors (Lipinski definition) is 5. The van der Waals surface area contributed by atoms with Gasteiger partial charge in [-0.05, 0) is 87.0 Å². The summed E-state index contributed by atoms with van der Waals surface area (Å²) in [6, 6.07) is 55.8. The van der Waals surface area contributed by atoms with E-state index in [4.69, 9.17) is 24.9 Å². The Labute approximate surface area is 279 Å². The fourth-order valence-electron chi connectivity index (χ4n) is 5.81. The van der Waals surface area contributed by atoms with Crippen LogP contribution in [0.2, 0.25) is 0 Å². The minimum Gasteiger partial charge on any atom is -0.253 e. The van der Waals surface area contributed by atoms with Gasteiger partial charge in [0.1, 0.15) is 11.4 Å². The molecule has 48 heavy (non-hydrogen) atoms. The molecule has 0 spiro atoms. The van der Waals surface area contributed by atoms with Gasteiger partial charge in [-0.25, -0.2) is 15.0 Å². The van der Waals surface area contributed by atoms with Gasteiger partial charge in [-0.3, -0.25) is 9.97 Å². The molecule has 226 valence electrons. The monoisotopic (exact) mass is 615 g/mol. The zero-order valence-electron chi connectivity index (χ0n) is 26.0. The molecule has 0 aliphatic rings.